The monoisotopic (exact) mass is 463 g/mol. The fourth-order valence-electron chi connectivity index (χ4n) is 3.66. The summed E-state index contributed by atoms with van der Waals surface area (Å²) in [5, 5.41) is 5.42. The number of hydrogen-bond acceptors (Lipinski definition) is 6. The number of nitrogens with one attached hydrogen (secondary N) is 2. The van der Waals surface area contributed by atoms with Gasteiger partial charge in [0.2, 0.25) is 0 Å². The molecule has 2 aromatic heterocycles. The van der Waals surface area contributed by atoms with Crippen molar-refractivity contribution in [2.75, 3.05) is 15.5 Å². The Labute approximate surface area is 199 Å². The Balaban J connectivity index is 1.34. The van der Waals surface area contributed by atoms with Gasteiger partial charge in [-0.25, -0.2) is 4.90 Å². The third kappa shape index (κ3) is 4.25. The SMILES string of the molecule is O=C(Nc1cccnc1)c1ccc(N2C(=O)c3ccc(C(=O)Nc4cccnc4)cc3C2=O)cc1. The van der Waals surface area contributed by atoms with E-state index in [0.29, 0.717) is 22.6 Å². The molecule has 0 bridgehead atoms. The zero-order valence-electron chi connectivity index (χ0n) is 18.1. The molecule has 170 valence electrons. The third-order valence-electron chi connectivity index (χ3n) is 5.38. The minimum atomic E-state index is -0.548. The van der Waals surface area contributed by atoms with Crippen molar-refractivity contribution in [3.63, 3.8) is 0 Å². The van der Waals surface area contributed by atoms with Crippen LogP contribution in [0, 0.1) is 0 Å². The van der Waals surface area contributed by atoms with Gasteiger partial charge in [-0.2, -0.15) is 0 Å². The quantitative estimate of drug-likeness (QED) is 0.435. The van der Waals surface area contributed by atoms with Crippen LogP contribution in [0.5, 0.6) is 0 Å². The summed E-state index contributed by atoms with van der Waals surface area (Å²) in [6.45, 7) is 0. The molecule has 0 unspecified atom stereocenters. The highest BCUT2D eigenvalue weighted by Gasteiger charge is 2.37. The molecule has 0 radical (unpaired) electrons. The summed E-state index contributed by atoms with van der Waals surface area (Å²) >= 11 is 0. The highest BCUT2D eigenvalue weighted by Crippen LogP contribution is 2.29. The predicted molar refractivity (Wildman–Crippen MR) is 128 cm³/mol. The van der Waals surface area contributed by atoms with Crippen molar-refractivity contribution < 1.29 is 19.2 Å². The van der Waals surface area contributed by atoms with Gasteiger partial charge in [-0.15, -0.1) is 0 Å². The lowest BCUT2D eigenvalue weighted by Gasteiger charge is -2.14. The molecule has 4 aromatic rings. The van der Waals surface area contributed by atoms with Crippen molar-refractivity contribution in [2.45, 2.75) is 0 Å². The number of benzene rings is 2. The molecule has 9 heteroatoms. The molecule has 4 amide bonds. The summed E-state index contributed by atoms with van der Waals surface area (Å²) in [7, 11) is 0. The predicted octanol–water partition coefficient (Wildman–Crippen LogP) is 3.78. The van der Waals surface area contributed by atoms with Crippen molar-refractivity contribution in [1.29, 1.82) is 0 Å². The summed E-state index contributed by atoms with van der Waals surface area (Å²) < 4.78 is 0. The molecule has 5 rings (SSSR count). The van der Waals surface area contributed by atoms with Gasteiger partial charge in [0.25, 0.3) is 23.6 Å². The van der Waals surface area contributed by atoms with Crippen LogP contribution >= 0.6 is 0 Å². The second-order valence-electron chi connectivity index (χ2n) is 7.64. The second kappa shape index (κ2) is 8.99. The number of hydrogen-bond donors (Lipinski definition) is 2. The topological polar surface area (TPSA) is 121 Å². The summed E-state index contributed by atoms with van der Waals surface area (Å²) in [4.78, 5) is 60.0. The van der Waals surface area contributed by atoms with Gasteiger partial charge in [-0.1, -0.05) is 0 Å². The van der Waals surface area contributed by atoms with Crippen LogP contribution in [0.4, 0.5) is 17.1 Å². The van der Waals surface area contributed by atoms with E-state index in [4.69, 9.17) is 0 Å². The molecular weight excluding hydrogens is 446 g/mol. The van der Waals surface area contributed by atoms with Gasteiger partial charge >= 0.3 is 0 Å². The molecule has 0 spiro atoms. The van der Waals surface area contributed by atoms with Gasteiger partial charge in [-0.3, -0.25) is 29.1 Å². The van der Waals surface area contributed by atoms with Crippen LogP contribution in [0.15, 0.2) is 91.5 Å². The van der Waals surface area contributed by atoms with E-state index in [2.05, 4.69) is 20.6 Å². The Morgan fingerprint density at radius 3 is 1.77 bits per heavy atom. The molecule has 1 aliphatic heterocycles. The van der Waals surface area contributed by atoms with Crippen LogP contribution < -0.4 is 15.5 Å². The fourth-order valence-corrected chi connectivity index (χ4v) is 3.66. The molecule has 2 aromatic carbocycles. The number of anilines is 3. The molecule has 3 heterocycles. The van der Waals surface area contributed by atoms with E-state index in [1.54, 1.807) is 36.7 Å². The van der Waals surface area contributed by atoms with Crippen LogP contribution in [0.25, 0.3) is 0 Å². The normalized spacial score (nSPS) is 12.3. The van der Waals surface area contributed by atoms with E-state index in [1.165, 1.54) is 54.9 Å². The first-order valence-electron chi connectivity index (χ1n) is 10.6. The van der Waals surface area contributed by atoms with E-state index in [1.807, 2.05) is 0 Å². The fraction of sp³-hybridized carbons (Fsp3) is 0. The molecule has 0 fully saturated rings. The minimum Gasteiger partial charge on any atom is -0.321 e. The average molecular weight is 463 g/mol. The van der Waals surface area contributed by atoms with Crippen molar-refractivity contribution in [1.82, 2.24) is 9.97 Å². The van der Waals surface area contributed by atoms with Crippen LogP contribution in [-0.2, 0) is 0 Å². The number of imide groups is 1. The number of pyridine rings is 2. The van der Waals surface area contributed by atoms with Gasteiger partial charge in [0.05, 0.1) is 40.6 Å². The number of fused-ring (bicyclic) bond motifs is 1. The van der Waals surface area contributed by atoms with Crippen molar-refractivity contribution in [3.05, 3.63) is 114 Å². The average Bonchev–Trinajstić information content (AvgIpc) is 3.14. The molecule has 0 saturated carbocycles. The van der Waals surface area contributed by atoms with Gasteiger partial charge < -0.3 is 10.6 Å². The minimum absolute atomic E-state index is 0.132. The van der Waals surface area contributed by atoms with Gasteiger partial charge in [0, 0.05) is 23.5 Å². The van der Waals surface area contributed by atoms with E-state index >= 15 is 0 Å². The number of aromatic nitrogens is 2. The molecule has 0 saturated heterocycles. The molecule has 9 nitrogen and oxygen atoms in total. The Kier molecular flexibility index (Phi) is 5.56. The number of rotatable bonds is 5. The summed E-state index contributed by atoms with van der Waals surface area (Å²) in [5.41, 5.74) is 2.29. The Morgan fingerprint density at radius 1 is 0.657 bits per heavy atom. The maximum Gasteiger partial charge on any atom is 0.266 e. The van der Waals surface area contributed by atoms with Crippen LogP contribution in [0.1, 0.15) is 41.4 Å². The number of nitrogens with zero attached hydrogens (tertiary/aromatic N) is 3. The maximum absolute atomic E-state index is 13.1. The smallest absolute Gasteiger partial charge is 0.266 e. The summed E-state index contributed by atoms with van der Waals surface area (Å²) in [6.07, 6.45) is 6.21. The largest absolute Gasteiger partial charge is 0.321 e. The Morgan fingerprint density at radius 2 is 1.20 bits per heavy atom. The van der Waals surface area contributed by atoms with Gasteiger partial charge in [0.1, 0.15) is 0 Å². The van der Waals surface area contributed by atoms with E-state index in [9.17, 15) is 19.2 Å². The Hall–Kier alpha value is -5.18. The highest BCUT2D eigenvalue weighted by molar-refractivity contribution is 6.34. The molecule has 0 aliphatic carbocycles. The lowest BCUT2D eigenvalue weighted by Crippen LogP contribution is -2.29. The van der Waals surface area contributed by atoms with Crippen LogP contribution in [0.3, 0.4) is 0 Å². The summed E-state index contributed by atoms with van der Waals surface area (Å²) in [6, 6.07) is 17.2. The van der Waals surface area contributed by atoms with Gasteiger partial charge in [0.15, 0.2) is 0 Å². The lowest BCUT2D eigenvalue weighted by atomic mass is 10.1. The van der Waals surface area contributed by atoms with Crippen LogP contribution in [-0.4, -0.2) is 33.6 Å². The Bertz CT molecular complexity index is 1450. The summed E-state index contributed by atoms with van der Waals surface area (Å²) in [5.74, 6) is -1.83. The van der Waals surface area contributed by atoms with Crippen LogP contribution in [0.2, 0.25) is 0 Å². The molecule has 2 N–H and O–H groups in total. The van der Waals surface area contributed by atoms with Crippen molar-refractivity contribution in [2.24, 2.45) is 0 Å². The first-order valence-corrected chi connectivity index (χ1v) is 10.6. The molecular formula is C26H17N5O4. The van der Waals surface area contributed by atoms with E-state index < -0.39 is 17.7 Å². The third-order valence-corrected chi connectivity index (χ3v) is 5.38. The zero-order chi connectivity index (χ0) is 24.4. The van der Waals surface area contributed by atoms with Crippen molar-refractivity contribution in [3.8, 4) is 0 Å². The second-order valence-corrected chi connectivity index (χ2v) is 7.64. The number of carbonyl (C=O) groups excluding carboxylic acids is 4. The van der Waals surface area contributed by atoms with E-state index in [-0.39, 0.29) is 22.6 Å². The highest BCUT2D eigenvalue weighted by atomic mass is 16.2. The lowest BCUT2D eigenvalue weighted by molar-refractivity contribution is 0.0924. The molecule has 0 atom stereocenters. The molecule has 1 aliphatic rings. The maximum atomic E-state index is 13.1. The van der Waals surface area contributed by atoms with Gasteiger partial charge in [-0.05, 0) is 66.7 Å². The standard InChI is InChI=1S/C26H17N5O4/c32-23(29-18-3-1-11-27-14-18)16-5-8-20(9-6-16)31-25(34)21-10-7-17(13-22(21)26(31)35)24(33)30-19-4-2-12-28-15-19/h1-15H,(H,29,32)(H,30,33). The van der Waals surface area contributed by atoms with E-state index in [0.717, 1.165) is 4.90 Å². The molecule has 35 heavy (non-hydrogen) atoms. The van der Waals surface area contributed by atoms with Crippen molar-refractivity contribution >= 4 is 40.7 Å². The zero-order valence-corrected chi connectivity index (χ0v) is 18.1. The first kappa shape index (κ1) is 21.7. The first-order chi connectivity index (χ1) is 17.0. The number of amides is 4. The number of carbonyl (C=O) groups is 4.